The zero-order chi connectivity index (χ0) is 23.4. The van der Waals surface area contributed by atoms with Crippen LogP contribution in [0.25, 0.3) is 10.9 Å². The van der Waals surface area contributed by atoms with Crippen molar-refractivity contribution in [1.82, 2.24) is 15.6 Å². The van der Waals surface area contributed by atoms with Crippen LogP contribution in [-0.4, -0.2) is 43.3 Å². The largest absolute Gasteiger partial charge is 0.497 e. The Morgan fingerprint density at radius 2 is 1.76 bits per heavy atom. The Labute approximate surface area is 189 Å². The lowest BCUT2D eigenvalue weighted by molar-refractivity contribution is -0.139. The van der Waals surface area contributed by atoms with Crippen molar-refractivity contribution in [3.63, 3.8) is 0 Å². The molecule has 0 saturated heterocycles. The van der Waals surface area contributed by atoms with Gasteiger partial charge in [-0.1, -0.05) is 30.3 Å². The van der Waals surface area contributed by atoms with E-state index in [4.69, 9.17) is 14.2 Å². The van der Waals surface area contributed by atoms with Gasteiger partial charge in [0.15, 0.2) is 0 Å². The van der Waals surface area contributed by atoms with Gasteiger partial charge in [0.1, 0.15) is 18.1 Å². The summed E-state index contributed by atoms with van der Waals surface area (Å²) in [6, 6.07) is 14.7. The van der Waals surface area contributed by atoms with Crippen LogP contribution in [0, 0.1) is 0 Å². The molecule has 0 fully saturated rings. The van der Waals surface area contributed by atoms with Crippen molar-refractivity contribution < 1.29 is 28.6 Å². The third kappa shape index (κ3) is 4.67. The number of carbonyl (C=O) groups excluding carboxylic acids is 3. The monoisotopic (exact) mass is 449 g/mol. The highest BCUT2D eigenvalue weighted by atomic mass is 16.5. The molecule has 1 aromatic heterocycles. The molecule has 1 aliphatic heterocycles. The molecule has 9 heteroatoms. The maximum absolute atomic E-state index is 12.8. The minimum Gasteiger partial charge on any atom is -0.497 e. The van der Waals surface area contributed by atoms with Gasteiger partial charge in [-0.05, 0) is 36.8 Å². The average molecular weight is 449 g/mol. The minimum absolute atomic E-state index is 0.147. The minimum atomic E-state index is -0.787. The second-order valence-corrected chi connectivity index (χ2v) is 7.26. The summed E-state index contributed by atoms with van der Waals surface area (Å²) in [5.41, 5.74) is 2.02. The number of H-pyrrole nitrogens is 1. The number of aromatic amines is 1. The predicted octanol–water partition coefficient (Wildman–Crippen LogP) is 3.20. The van der Waals surface area contributed by atoms with Gasteiger partial charge < -0.3 is 29.8 Å². The molecule has 2 heterocycles. The van der Waals surface area contributed by atoms with Crippen LogP contribution < -0.4 is 15.4 Å². The third-order valence-corrected chi connectivity index (χ3v) is 5.20. The van der Waals surface area contributed by atoms with Crippen molar-refractivity contribution in [3.05, 3.63) is 77.1 Å². The van der Waals surface area contributed by atoms with Gasteiger partial charge in [-0.3, -0.25) is 0 Å². The highest BCUT2D eigenvalue weighted by Gasteiger charge is 2.34. The van der Waals surface area contributed by atoms with Crippen LogP contribution in [0.15, 0.2) is 65.9 Å². The number of hydrogen-bond acceptors (Lipinski definition) is 6. The number of hydrogen-bond donors (Lipinski definition) is 3. The van der Waals surface area contributed by atoms with Crippen molar-refractivity contribution in [2.24, 2.45) is 0 Å². The van der Waals surface area contributed by atoms with E-state index in [9.17, 15) is 14.4 Å². The van der Waals surface area contributed by atoms with Crippen LogP contribution in [0.5, 0.6) is 5.75 Å². The van der Waals surface area contributed by atoms with Crippen LogP contribution in [0.2, 0.25) is 0 Å². The van der Waals surface area contributed by atoms with E-state index >= 15 is 0 Å². The van der Waals surface area contributed by atoms with E-state index in [-0.39, 0.29) is 30.2 Å². The molecule has 33 heavy (non-hydrogen) atoms. The molecule has 1 aliphatic rings. The summed E-state index contributed by atoms with van der Waals surface area (Å²) in [5.74, 6) is -0.605. The van der Waals surface area contributed by atoms with Gasteiger partial charge in [-0.2, -0.15) is 0 Å². The highest BCUT2D eigenvalue weighted by Crippen LogP contribution is 2.29. The van der Waals surface area contributed by atoms with Gasteiger partial charge in [-0.25, -0.2) is 14.4 Å². The number of fused-ring (bicyclic) bond motifs is 1. The number of urea groups is 1. The summed E-state index contributed by atoms with van der Waals surface area (Å²) >= 11 is 0. The molecule has 0 radical (unpaired) electrons. The number of para-hydroxylation sites is 1. The van der Waals surface area contributed by atoms with E-state index in [0.717, 1.165) is 10.9 Å². The molecule has 0 spiro atoms. The van der Waals surface area contributed by atoms with Crippen molar-refractivity contribution in [3.8, 4) is 5.75 Å². The van der Waals surface area contributed by atoms with Gasteiger partial charge in [0.2, 0.25) is 0 Å². The molecular formula is C24H23N3O6. The molecule has 170 valence electrons. The molecule has 3 N–H and O–H groups in total. The number of amides is 2. The number of esters is 2. The predicted molar refractivity (Wildman–Crippen MR) is 120 cm³/mol. The summed E-state index contributed by atoms with van der Waals surface area (Å²) in [4.78, 5) is 40.8. The van der Waals surface area contributed by atoms with Crippen molar-refractivity contribution in [2.45, 2.75) is 13.0 Å². The zero-order valence-electron chi connectivity index (χ0n) is 18.1. The summed E-state index contributed by atoms with van der Waals surface area (Å²) < 4.78 is 15.8. The van der Waals surface area contributed by atoms with Crippen molar-refractivity contribution >= 4 is 28.9 Å². The smallest absolute Gasteiger partial charge is 0.355 e. The summed E-state index contributed by atoms with van der Waals surface area (Å²) in [6.07, 6.45) is 0. The van der Waals surface area contributed by atoms with E-state index < -0.39 is 24.0 Å². The van der Waals surface area contributed by atoms with Crippen LogP contribution in [0.3, 0.4) is 0 Å². The maximum atomic E-state index is 12.8. The first kappa shape index (κ1) is 21.9. The van der Waals surface area contributed by atoms with E-state index in [1.807, 2.05) is 24.3 Å². The van der Waals surface area contributed by atoms with Crippen LogP contribution >= 0.6 is 0 Å². The molecule has 3 aromatic rings. The highest BCUT2D eigenvalue weighted by molar-refractivity contribution is 5.96. The van der Waals surface area contributed by atoms with Gasteiger partial charge in [-0.15, -0.1) is 0 Å². The number of rotatable bonds is 7. The first-order valence-electron chi connectivity index (χ1n) is 10.4. The summed E-state index contributed by atoms with van der Waals surface area (Å²) in [7, 11) is 1.55. The fraction of sp³-hybridized carbons (Fsp3) is 0.208. The fourth-order valence-electron chi connectivity index (χ4n) is 3.63. The number of benzene rings is 2. The molecule has 1 unspecified atom stereocenters. The molecule has 2 aromatic carbocycles. The van der Waals surface area contributed by atoms with Crippen LogP contribution in [0.4, 0.5) is 4.79 Å². The van der Waals surface area contributed by atoms with Gasteiger partial charge in [0.05, 0.1) is 31.0 Å². The molecular weight excluding hydrogens is 426 g/mol. The molecule has 0 aliphatic carbocycles. The number of ether oxygens (including phenoxy) is 3. The van der Waals surface area contributed by atoms with E-state index in [1.165, 1.54) is 0 Å². The van der Waals surface area contributed by atoms with Crippen LogP contribution in [-0.2, 0) is 14.3 Å². The average Bonchev–Trinajstić information content (AvgIpc) is 3.27. The Hall–Kier alpha value is -4.27. The fourth-order valence-corrected chi connectivity index (χ4v) is 3.63. The lowest BCUT2D eigenvalue weighted by Gasteiger charge is -2.29. The molecule has 4 rings (SSSR count). The van der Waals surface area contributed by atoms with Gasteiger partial charge in [0, 0.05) is 10.9 Å². The quantitative estimate of drug-likeness (QED) is 0.477. The number of aromatic nitrogens is 1. The third-order valence-electron chi connectivity index (χ3n) is 5.20. The maximum Gasteiger partial charge on any atom is 0.355 e. The van der Waals surface area contributed by atoms with Gasteiger partial charge >= 0.3 is 18.0 Å². The number of nitrogens with one attached hydrogen (secondary N) is 3. The second-order valence-electron chi connectivity index (χ2n) is 7.26. The molecule has 2 amide bonds. The summed E-state index contributed by atoms with van der Waals surface area (Å²) in [6.45, 7) is 1.52. The Morgan fingerprint density at radius 1 is 1.00 bits per heavy atom. The lowest BCUT2D eigenvalue weighted by atomic mass is 9.95. The molecule has 0 saturated carbocycles. The number of carbonyl (C=O) groups is 3. The standard InChI is InChI=1S/C24H23N3O6/c1-3-32-23(29)20-19(13-33-22(28)18-12-15-6-4-5-7-17(15)25-18)26-24(30)27-21(20)14-8-10-16(31-2)11-9-14/h4-12,21,25H,3,13H2,1-2H3,(H2,26,27,30). The van der Waals surface area contributed by atoms with Crippen LogP contribution in [0.1, 0.15) is 29.0 Å². The normalized spacial score (nSPS) is 15.6. The van der Waals surface area contributed by atoms with E-state index in [0.29, 0.717) is 11.3 Å². The Bertz CT molecular complexity index is 1200. The topological polar surface area (TPSA) is 119 Å². The lowest BCUT2D eigenvalue weighted by Crippen LogP contribution is -2.47. The SMILES string of the molecule is CCOC(=O)C1=C(COC(=O)c2cc3ccccc3[nH]2)NC(=O)NC1c1ccc(OC)cc1. The van der Waals surface area contributed by atoms with E-state index in [1.54, 1.807) is 44.4 Å². The first-order valence-corrected chi connectivity index (χ1v) is 10.4. The molecule has 1 atom stereocenters. The van der Waals surface area contributed by atoms with Crippen molar-refractivity contribution in [2.75, 3.05) is 20.3 Å². The summed E-state index contributed by atoms with van der Waals surface area (Å²) in [5, 5.41) is 6.17. The first-order chi connectivity index (χ1) is 16.0. The van der Waals surface area contributed by atoms with E-state index in [2.05, 4.69) is 15.6 Å². The molecule has 9 nitrogen and oxygen atoms in total. The zero-order valence-corrected chi connectivity index (χ0v) is 18.1. The van der Waals surface area contributed by atoms with Gasteiger partial charge in [0.25, 0.3) is 0 Å². The second kappa shape index (κ2) is 9.47. The molecule has 0 bridgehead atoms. The Balaban J connectivity index is 1.62. The van der Waals surface area contributed by atoms with Crippen molar-refractivity contribution in [1.29, 1.82) is 0 Å². The number of methoxy groups -OCH3 is 1. The Kier molecular flexibility index (Phi) is 6.30. The Morgan fingerprint density at radius 3 is 2.45 bits per heavy atom.